The van der Waals surface area contributed by atoms with Gasteiger partial charge in [-0.05, 0) is 30.2 Å². The molecule has 0 amide bonds. The van der Waals surface area contributed by atoms with Crippen LogP contribution in [0, 0.1) is 12.3 Å². The lowest BCUT2D eigenvalue weighted by Crippen LogP contribution is -2.22. The second kappa shape index (κ2) is 4.96. The first-order chi connectivity index (χ1) is 10.2. The van der Waals surface area contributed by atoms with E-state index in [-0.39, 0.29) is 5.56 Å². The second-order valence-corrected chi connectivity index (χ2v) is 5.21. The van der Waals surface area contributed by atoms with E-state index in [0.29, 0.717) is 32.9 Å². The molecule has 0 aliphatic heterocycles. The van der Waals surface area contributed by atoms with Gasteiger partial charge in [-0.2, -0.15) is 9.78 Å². The molecule has 2 N–H and O–H groups in total. The van der Waals surface area contributed by atoms with Gasteiger partial charge in [0.1, 0.15) is 11.4 Å². The number of terminal acetylenes is 1. The van der Waals surface area contributed by atoms with Crippen molar-refractivity contribution in [1.29, 1.82) is 0 Å². The second-order valence-electron chi connectivity index (χ2n) is 4.30. The third-order valence-electron chi connectivity index (χ3n) is 3.13. The highest BCUT2D eigenvalue weighted by Gasteiger charge is 2.14. The minimum Gasteiger partial charge on any atom is -0.497 e. The number of aromatic nitrogens is 2. The number of methoxy groups -OCH3 is 1. The monoisotopic (exact) mass is 297 g/mol. The van der Waals surface area contributed by atoms with Gasteiger partial charge < -0.3 is 10.5 Å². The van der Waals surface area contributed by atoms with E-state index in [1.165, 1.54) is 16.0 Å². The SMILES string of the molecule is C#Cc1nn(-c2ccc(OC)cc2)c(=O)c2c(N)scc12. The molecule has 0 radical (unpaired) electrons. The number of hydrogen-bond acceptors (Lipinski definition) is 5. The van der Waals surface area contributed by atoms with Crippen molar-refractivity contribution >= 4 is 27.1 Å². The Bertz CT molecular complexity index is 917. The Morgan fingerprint density at radius 2 is 2.10 bits per heavy atom. The summed E-state index contributed by atoms with van der Waals surface area (Å²) in [6.07, 6.45) is 5.48. The maximum Gasteiger partial charge on any atom is 0.282 e. The van der Waals surface area contributed by atoms with Crippen molar-refractivity contribution in [1.82, 2.24) is 9.78 Å². The largest absolute Gasteiger partial charge is 0.497 e. The van der Waals surface area contributed by atoms with Crippen molar-refractivity contribution in [2.45, 2.75) is 0 Å². The van der Waals surface area contributed by atoms with Gasteiger partial charge in [-0.25, -0.2) is 0 Å². The van der Waals surface area contributed by atoms with Crippen LogP contribution < -0.4 is 16.0 Å². The van der Waals surface area contributed by atoms with E-state index < -0.39 is 0 Å². The highest BCUT2D eigenvalue weighted by molar-refractivity contribution is 7.15. The molecule has 0 atom stereocenters. The predicted molar refractivity (Wildman–Crippen MR) is 84.1 cm³/mol. The molecule has 6 heteroatoms. The molecule has 3 rings (SSSR count). The molecule has 0 spiro atoms. The van der Waals surface area contributed by atoms with Crippen LogP contribution in [0.1, 0.15) is 5.69 Å². The Balaban J connectivity index is 2.32. The normalized spacial score (nSPS) is 10.5. The summed E-state index contributed by atoms with van der Waals surface area (Å²) in [6, 6.07) is 6.98. The number of nitrogen functional groups attached to an aromatic ring is 1. The molecule has 2 aromatic heterocycles. The number of fused-ring (bicyclic) bond motifs is 1. The fourth-order valence-corrected chi connectivity index (χ4v) is 2.87. The van der Waals surface area contributed by atoms with Crippen molar-refractivity contribution in [2.75, 3.05) is 12.8 Å². The maximum absolute atomic E-state index is 12.6. The number of anilines is 1. The van der Waals surface area contributed by atoms with Crippen LogP contribution in [-0.4, -0.2) is 16.9 Å². The van der Waals surface area contributed by atoms with Crippen LogP contribution in [-0.2, 0) is 0 Å². The van der Waals surface area contributed by atoms with E-state index in [2.05, 4.69) is 11.0 Å². The van der Waals surface area contributed by atoms with Crippen molar-refractivity contribution < 1.29 is 4.74 Å². The van der Waals surface area contributed by atoms with Crippen molar-refractivity contribution in [3.8, 4) is 23.8 Å². The molecular formula is C15H11N3O2S. The molecule has 1 aromatic carbocycles. The first kappa shape index (κ1) is 13.2. The Morgan fingerprint density at radius 3 is 2.71 bits per heavy atom. The minimum atomic E-state index is -0.284. The summed E-state index contributed by atoms with van der Waals surface area (Å²) in [7, 11) is 1.58. The molecule has 0 fully saturated rings. The summed E-state index contributed by atoms with van der Waals surface area (Å²) in [6.45, 7) is 0. The average Bonchev–Trinajstić information content (AvgIpc) is 2.91. The van der Waals surface area contributed by atoms with Crippen LogP contribution in [0.15, 0.2) is 34.4 Å². The Morgan fingerprint density at radius 1 is 1.38 bits per heavy atom. The van der Waals surface area contributed by atoms with Gasteiger partial charge in [0.15, 0.2) is 0 Å². The molecule has 0 saturated heterocycles. The van der Waals surface area contributed by atoms with Crippen molar-refractivity contribution in [3.05, 3.63) is 45.7 Å². The molecule has 0 bridgehead atoms. The van der Waals surface area contributed by atoms with Crippen LogP contribution in [0.5, 0.6) is 5.75 Å². The van der Waals surface area contributed by atoms with Gasteiger partial charge in [0.25, 0.3) is 5.56 Å². The lowest BCUT2D eigenvalue weighted by molar-refractivity contribution is 0.414. The van der Waals surface area contributed by atoms with Crippen LogP contribution in [0.4, 0.5) is 5.00 Å². The van der Waals surface area contributed by atoms with Crippen molar-refractivity contribution in [3.63, 3.8) is 0 Å². The summed E-state index contributed by atoms with van der Waals surface area (Å²) >= 11 is 1.28. The third kappa shape index (κ3) is 2.04. The lowest BCUT2D eigenvalue weighted by atomic mass is 10.2. The summed E-state index contributed by atoms with van der Waals surface area (Å²) in [5.41, 5.74) is 6.60. The summed E-state index contributed by atoms with van der Waals surface area (Å²) < 4.78 is 6.36. The topological polar surface area (TPSA) is 70.1 Å². The standard InChI is InChI=1S/C15H11N3O2S/c1-3-12-11-8-21-14(16)13(11)15(19)18(17-12)9-4-6-10(20-2)7-5-9/h1,4-8H,16H2,2H3. The minimum absolute atomic E-state index is 0.284. The van der Waals surface area contributed by atoms with E-state index in [0.717, 1.165) is 0 Å². The maximum atomic E-state index is 12.6. The molecule has 0 saturated carbocycles. The lowest BCUT2D eigenvalue weighted by Gasteiger charge is -2.07. The quantitative estimate of drug-likeness (QED) is 0.735. The summed E-state index contributed by atoms with van der Waals surface area (Å²) in [5, 5.41) is 7.47. The number of nitrogens with zero attached hydrogens (tertiary/aromatic N) is 2. The van der Waals surface area contributed by atoms with Crippen LogP contribution in [0.25, 0.3) is 16.5 Å². The van der Waals surface area contributed by atoms with Crippen molar-refractivity contribution in [2.24, 2.45) is 0 Å². The Kier molecular flexibility index (Phi) is 3.12. The fraction of sp³-hybridized carbons (Fsp3) is 0.0667. The van der Waals surface area contributed by atoms with Crippen LogP contribution >= 0.6 is 11.3 Å². The van der Waals surface area contributed by atoms with Gasteiger partial charge in [-0.3, -0.25) is 4.79 Å². The molecule has 21 heavy (non-hydrogen) atoms. The molecule has 0 aliphatic carbocycles. The number of benzene rings is 1. The molecule has 5 nitrogen and oxygen atoms in total. The Hall–Kier alpha value is -2.78. The van der Waals surface area contributed by atoms with Gasteiger partial charge in [0, 0.05) is 10.8 Å². The van der Waals surface area contributed by atoms with Gasteiger partial charge in [0.05, 0.1) is 23.2 Å². The zero-order valence-electron chi connectivity index (χ0n) is 11.2. The Labute approximate surface area is 124 Å². The van der Waals surface area contributed by atoms with E-state index in [1.807, 2.05) is 0 Å². The van der Waals surface area contributed by atoms with Crippen LogP contribution in [0.3, 0.4) is 0 Å². The van der Waals surface area contributed by atoms with E-state index in [4.69, 9.17) is 16.9 Å². The smallest absolute Gasteiger partial charge is 0.282 e. The number of ether oxygens (including phenoxy) is 1. The molecular weight excluding hydrogens is 286 g/mol. The van der Waals surface area contributed by atoms with E-state index >= 15 is 0 Å². The van der Waals surface area contributed by atoms with Gasteiger partial charge in [0.2, 0.25) is 0 Å². The van der Waals surface area contributed by atoms with Crippen LogP contribution in [0.2, 0.25) is 0 Å². The number of hydrogen-bond donors (Lipinski definition) is 1. The average molecular weight is 297 g/mol. The van der Waals surface area contributed by atoms with Gasteiger partial charge in [-0.1, -0.05) is 0 Å². The summed E-state index contributed by atoms with van der Waals surface area (Å²) in [4.78, 5) is 12.6. The first-order valence-electron chi connectivity index (χ1n) is 6.06. The highest BCUT2D eigenvalue weighted by Crippen LogP contribution is 2.27. The summed E-state index contributed by atoms with van der Waals surface area (Å²) in [5.74, 6) is 3.19. The predicted octanol–water partition coefficient (Wildman–Crippen LogP) is 2.02. The first-order valence-corrected chi connectivity index (χ1v) is 6.94. The van der Waals surface area contributed by atoms with Gasteiger partial charge in [-0.15, -0.1) is 17.8 Å². The molecule has 0 aliphatic rings. The number of nitrogens with two attached hydrogens (primary N) is 1. The highest BCUT2D eigenvalue weighted by atomic mass is 32.1. The third-order valence-corrected chi connectivity index (χ3v) is 3.95. The molecule has 0 unspecified atom stereocenters. The van der Waals surface area contributed by atoms with Gasteiger partial charge >= 0.3 is 0 Å². The van der Waals surface area contributed by atoms with E-state index in [9.17, 15) is 4.79 Å². The van der Waals surface area contributed by atoms with E-state index in [1.54, 1.807) is 36.8 Å². The molecule has 2 heterocycles. The number of rotatable bonds is 2. The zero-order valence-corrected chi connectivity index (χ0v) is 12.0. The molecule has 104 valence electrons. The fourth-order valence-electron chi connectivity index (χ4n) is 2.08. The zero-order chi connectivity index (χ0) is 15.0. The molecule has 3 aromatic rings. The number of thiophene rings is 1.